The fourth-order valence-corrected chi connectivity index (χ4v) is 4.44. The molecular weight excluding hydrogens is 342 g/mol. The quantitative estimate of drug-likeness (QED) is 0.787. The van der Waals surface area contributed by atoms with Gasteiger partial charge in [0.15, 0.2) is 0 Å². The molecule has 0 aliphatic heterocycles. The molecule has 1 saturated carbocycles. The lowest BCUT2D eigenvalue weighted by atomic mass is 9.95. The Kier molecular flexibility index (Phi) is 4.66. The van der Waals surface area contributed by atoms with E-state index < -0.39 is 15.6 Å². The van der Waals surface area contributed by atoms with E-state index in [1.54, 1.807) is 45.2 Å². The Hall–Kier alpha value is -1.83. The van der Waals surface area contributed by atoms with Crippen LogP contribution in [0, 0.1) is 19.8 Å². The second-order valence-electron chi connectivity index (χ2n) is 6.59. The maximum Gasteiger partial charge on any atom is 0.240 e. The summed E-state index contributed by atoms with van der Waals surface area (Å²) in [7, 11) is -2.21. The van der Waals surface area contributed by atoms with Crippen molar-refractivity contribution in [2.45, 2.75) is 37.2 Å². The van der Waals surface area contributed by atoms with Gasteiger partial charge in [-0.05, 0) is 68.0 Å². The summed E-state index contributed by atoms with van der Waals surface area (Å²) in [4.78, 5) is 0.154. The zero-order valence-corrected chi connectivity index (χ0v) is 15.4. The van der Waals surface area contributed by atoms with Crippen LogP contribution in [0.1, 0.15) is 29.7 Å². The third kappa shape index (κ3) is 3.44. The fourth-order valence-electron chi connectivity index (χ4n) is 3.19. The van der Waals surface area contributed by atoms with Crippen molar-refractivity contribution in [2.24, 2.45) is 5.92 Å². The number of aliphatic hydroxyl groups is 1. The molecule has 0 amide bonds. The van der Waals surface area contributed by atoms with Gasteiger partial charge in [0.05, 0.1) is 18.3 Å². The molecule has 0 bridgehead atoms. The van der Waals surface area contributed by atoms with E-state index in [1.165, 1.54) is 6.26 Å². The number of hydrogen-bond acceptors (Lipinski definition) is 5. The first-order valence-electron chi connectivity index (χ1n) is 8.19. The molecule has 0 saturated heterocycles. The fraction of sp³-hybridized carbons (Fsp3) is 0.444. The van der Waals surface area contributed by atoms with Crippen LogP contribution in [0.4, 0.5) is 0 Å². The molecule has 1 aromatic carbocycles. The Labute approximate surface area is 147 Å². The average Bonchev–Trinajstić information content (AvgIpc) is 3.27. The highest BCUT2D eigenvalue weighted by Crippen LogP contribution is 2.45. The molecule has 3 rings (SSSR count). The van der Waals surface area contributed by atoms with E-state index in [0.717, 1.165) is 24.0 Å². The van der Waals surface area contributed by atoms with Gasteiger partial charge in [-0.2, -0.15) is 0 Å². The van der Waals surface area contributed by atoms with Gasteiger partial charge in [-0.1, -0.05) is 0 Å². The minimum atomic E-state index is -3.77. The lowest BCUT2D eigenvalue weighted by Crippen LogP contribution is -2.42. The van der Waals surface area contributed by atoms with E-state index in [-0.39, 0.29) is 17.4 Å². The predicted molar refractivity (Wildman–Crippen MR) is 93.0 cm³/mol. The molecule has 25 heavy (non-hydrogen) atoms. The first-order chi connectivity index (χ1) is 11.8. The lowest BCUT2D eigenvalue weighted by Gasteiger charge is -2.26. The largest absolute Gasteiger partial charge is 0.496 e. The van der Waals surface area contributed by atoms with Crippen LogP contribution < -0.4 is 9.46 Å². The highest BCUT2D eigenvalue weighted by molar-refractivity contribution is 7.89. The Morgan fingerprint density at radius 1 is 1.32 bits per heavy atom. The van der Waals surface area contributed by atoms with Crippen LogP contribution in [0.15, 0.2) is 39.8 Å². The summed E-state index contributed by atoms with van der Waals surface area (Å²) < 4.78 is 38.6. The lowest BCUT2D eigenvalue weighted by molar-refractivity contribution is -0.00224. The van der Waals surface area contributed by atoms with Crippen molar-refractivity contribution in [3.63, 3.8) is 0 Å². The summed E-state index contributed by atoms with van der Waals surface area (Å²) in [6.07, 6.45) is 3.17. The summed E-state index contributed by atoms with van der Waals surface area (Å²) in [5.74, 6) is 1.06. The standard InChI is InChI=1S/C18H23NO5S/c1-12-9-15(10-13(2)17(12)23-3)25(21,22)19-11-18(20,14-6-7-14)16-5-4-8-24-16/h4-5,8-10,14,19-20H,6-7,11H2,1-3H3/t18-/m1/s1. The zero-order chi connectivity index (χ0) is 18.2. The Bertz CT molecular complexity index is 833. The van der Waals surface area contributed by atoms with Gasteiger partial charge in [0, 0.05) is 6.54 Å². The van der Waals surface area contributed by atoms with Crippen LogP contribution in [-0.2, 0) is 15.6 Å². The molecular formula is C18H23NO5S. The number of benzene rings is 1. The molecule has 1 aliphatic carbocycles. The van der Waals surface area contributed by atoms with Crippen LogP contribution in [0.2, 0.25) is 0 Å². The van der Waals surface area contributed by atoms with Crippen molar-refractivity contribution in [1.82, 2.24) is 4.72 Å². The van der Waals surface area contributed by atoms with Gasteiger partial charge < -0.3 is 14.3 Å². The first kappa shape index (κ1) is 18.0. The number of nitrogens with one attached hydrogen (secondary N) is 1. The number of methoxy groups -OCH3 is 1. The van der Waals surface area contributed by atoms with Gasteiger partial charge in [0.2, 0.25) is 10.0 Å². The second-order valence-corrected chi connectivity index (χ2v) is 8.36. The molecule has 2 aromatic rings. The summed E-state index contributed by atoms with van der Waals surface area (Å²) in [6.45, 7) is 3.47. The third-order valence-electron chi connectivity index (χ3n) is 4.68. The minimum Gasteiger partial charge on any atom is -0.496 e. The molecule has 0 spiro atoms. The van der Waals surface area contributed by atoms with Gasteiger partial charge in [0.25, 0.3) is 0 Å². The van der Waals surface area contributed by atoms with E-state index in [9.17, 15) is 13.5 Å². The summed E-state index contributed by atoms with van der Waals surface area (Å²) >= 11 is 0. The molecule has 2 N–H and O–H groups in total. The number of hydrogen-bond donors (Lipinski definition) is 2. The number of aryl methyl sites for hydroxylation is 2. The van der Waals surface area contributed by atoms with Crippen molar-refractivity contribution in [3.05, 3.63) is 47.4 Å². The minimum absolute atomic E-state index is 0.000639. The van der Waals surface area contributed by atoms with Crippen molar-refractivity contribution in [3.8, 4) is 5.75 Å². The maximum atomic E-state index is 12.7. The van der Waals surface area contributed by atoms with E-state index in [1.807, 2.05) is 0 Å². The van der Waals surface area contributed by atoms with Crippen LogP contribution in [-0.4, -0.2) is 27.2 Å². The molecule has 136 valence electrons. The maximum absolute atomic E-state index is 12.7. The van der Waals surface area contributed by atoms with Crippen molar-refractivity contribution >= 4 is 10.0 Å². The van der Waals surface area contributed by atoms with Crippen LogP contribution in [0.3, 0.4) is 0 Å². The van der Waals surface area contributed by atoms with Gasteiger partial charge in [-0.25, -0.2) is 13.1 Å². The molecule has 1 atom stereocenters. The third-order valence-corrected chi connectivity index (χ3v) is 6.06. The second kappa shape index (κ2) is 6.48. The summed E-state index contributed by atoms with van der Waals surface area (Å²) in [5, 5.41) is 11.0. The Morgan fingerprint density at radius 2 is 1.96 bits per heavy atom. The van der Waals surface area contributed by atoms with Crippen molar-refractivity contribution in [2.75, 3.05) is 13.7 Å². The SMILES string of the molecule is COc1c(C)cc(S(=O)(=O)NC[C@](O)(c2ccco2)C2CC2)cc1C. The number of furan rings is 1. The molecule has 1 aromatic heterocycles. The molecule has 6 nitrogen and oxygen atoms in total. The number of ether oxygens (including phenoxy) is 1. The topological polar surface area (TPSA) is 88.8 Å². The Balaban J connectivity index is 1.84. The molecule has 0 unspecified atom stereocenters. The van der Waals surface area contributed by atoms with Crippen molar-refractivity contribution < 1.29 is 22.7 Å². The van der Waals surface area contributed by atoms with Gasteiger partial charge in [-0.15, -0.1) is 0 Å². The van der Waals surface area contributed by atoms with Gasteiger partial charge in [-0.3, -0.25) is 0 Å². The molecule has 1 aliphatic rings. The van der Waals surface area contributed by atoms with E-state index in [2.05, 4.69) is 4.72 Å². The molecule has 7 heteroatoms. The molecule has 1 fully saturated rings. The van der Waals surface area contributed by atoms with Gasteiger partial charge in [0.1, 0.15) is 17.1 Å². The molecule has 1 heterocycles. The van der Waals surface area contributed by atoms with Crippen LogP contribution >= 0.6 is 0 Å². The zero-order valence-electron chi connectivity index (χ0n) is 14.6. The highest BCUT2D eigenvalue weighted by Gasteiger charge is 2.47. The van der Waals surface area contributed by atoms with Gasteiger partial charge >= 0.3 is 0 Å². The van der Waals surface area contributed by atoms with E-state index in [0.29, 0.717) is 11.5 Å². The van der Waals surface area contributed by atoms with Crippen LogP contribution in [0.5, 0.6) is 5.75 Å². The number of rotatable bonds is 7. The average molecular weight is 365 g/mol. The predicted octanol–water partition coefficient (Wildman–Crippen LogP) is 2.48. The first-order valence-corrected chi connectivity index (χ1v) is 9.67. The summed E-state index contributed by atoms with van der Waals surface area (Å²) in [5.41, 5.74) is 0.158. The highest BCUT2D eigenvalue weighted by atomic mass is 32.2. The smallest absolute Gasteiger partial charge is 0.240 e. The van der Waals surface area contributed by atoms with E-state index in [4.69, 9.17) is 9.15 Å². The molecule has 0 radical (unpaired) electrons. The van der Waals surface area contributed by atoms with Crippen LogP contribution in [0.25, 0.3) is 0 Å². The van der Waals surface area contributed by atoms with E-state index >= 15 is 0 Å². The summed E-state index contributed by atoms with van der Waals surface area (Å²) in [6, 6.07) is 6.50. The number of sulfonamides is 1. The normalized spacial score (nSPS) is 17.3. The van der Waals surface area contributed by atoms with Crippen molar-refractivity contribution in [1.29, 1.82) is 0 Å². The Morgan fingerprint density at radius 3 is 2.44 bits per heavy atom. The monoisotopic (exact) mass is 365 g/mol.